The van der Waals surface area contributed by atoms with Gasteiger partial charge in [0.05, 0.1) is 28.5 Å². The van der Waals surface area contributed by atoms with Crippen molar-refractivity contribution in [3.63, 3.8) is 0 Å². The van der Waals surface area contributed by atoms with Crippen molar-refractivity contribution in [2.24, 2.45) is 11.3 Å². The number of hydrogen-bond donors (Lipinski definition) is 4. The molecular weight excluding hydrogens is 833 g/mol. The predicted molar refractivity (Wildman–Crippen MR) is 246 cm³/mol. The molecule has 4 aliphatic rings. The maximum Gasteiger partial charge on any atom is 0.312 e. The smallest absolute Gasteiger partial charge is 0.312 e. The fourth-order valence-corrected chi connectivity index (χ4v) is 11.6. The Labute approximate surface area is 374 Å². The van der Waals surface area contributed by atoms with Crippen LogP contribution >= 0.6 is 0 Å². The molecule has 4 N–H and O–H groups in total. The summed E-state index contributed by atoms with van der Waals surface area (Å²) in [5.74, 6) is 0.694. The molecular formula is C48H58N8O7S. The van der Waals surface area contributed by atoms with E-state index in [1.54, 1.807) is 31.3 Å². The quantitative estimate of drug-likeness (QED) is 0.0651. The van der Waals surface area contributed by atoms with Crippen molar-refractivity contribution in [1.29, 1.82) is 0 Å². The molecule has 0 radical (unpaired) electrons. The zero-order valence-electron chi connectivity index (χ0n) is 36.8. The second-order valence-electron chi connectivity index (χ2n) is 19.2. The number of fused-ring (bicyclic) bond motifs is 1. The van der Waals surface area contributed by atoms with Crippen LogP contribution in [0.1, 0.15) is 112 Å². The molecule has 1 amide bonds. The van der Waals surface area contributed by atoms with Crippen LogP contribution in [0.2, 0.25) is 0 Å². The van der Waals surface area contributed by atoms with E-state index in [9.17, 15) is 28.4 Å². The van der Waals surface area contributed by atoms with Gasteiger partial charge in [0.2, 0.25) is 5.82 Å². The van der Waals surface area contributed by atoms with Gasteiger partial charge in [-0.25, -0.2) is 23.1 Å². The first-order valence-corrected chi connectivity index (χ1v) is 24.1. The third-order valence-corrected chi connectivity index (χ3v) is 15.7. The van der Waals surface area contributed by atoms with Crippen molar-refractivity contribution >= 4 is 44.2 Å². The van der Waals surface area contributed by atoms with Crippen LogP contribution in [0.3, 0.4) is 0 Å². The molecule has 2 saturated heterocycles. The maximum atomic E-state index is 14.0. The van der Waals surface area contributed by atoms with E-state index >= 15 is 0 Å². The molecule has 1 spiro atoms. The highest BCUT2D eigenvalue weighted by Gasteiger charge is 2.49. The summed E-state index contributed by atoms with van der Waals surface area (Å²) in [5.41, 5.74) is 3.48. The summed E-state index contributed by atoms with van der Waals surface area (Å²) in [5, 5.41) is 26.2. The zero-order chi connectivity index (χ0) is 44.8. The second-order valence-corrected chi connectivity index (χ2v) is 20.9. The minimum absolute atomic E-state index is 0.0398. The number of nitrogens with zero attached hydrogens (tertiary/aromatic N) is 5. The molecule has 16 heteroatoms. The third-order valence-electron chi connectivity index (χ3n) is 14.4. The number of amides is 1. The normalized spacial score (nSPS) is 23.6. The number of aliphatic hydroxyl groups is 1. The largest absolute Gasteiger partial charge is 0.455 e. The van der Waals surface area contributed by atoms with Gasteiger partial charge in [-0.3, -0.25) is 19.8 Å². The van der Waals surface area contributed by atoms with Crippen LogP contribution in [-0.2, 0) is 10.0 Å². The van der Waals surface area contributed by atoms with E-state index in [0.29, 0.717) is 48.7 Å². The molecule has 3 aromatic heterocycles. The second kappa shape index (κ2) is 17.4. The van der Waals surface area contributed by atoms with Crippen LogP contribution < -0.4 is 19.7 Å². The Kier molecular flexibility index (Phi) is 11.9. The lowest BCUT2D eigenvalue weighted by atomic mass is 9.70. The van der Waals surface area contributed by atoms with Gasteiger partial charge in [0, 0.05) is 68.2 Å². The standard InChI is InChI=1S/C48H58N8O7S/c1-31(2)37-7-4-5-8-38(37)39-9-6-10-41(39)55-29-48(30-55)18-21-54(22-19-48)34-11-12-40(43(24-34)63-35-23-33-15-20-49-44(33)51-27-35)46(57)53-64(61,62)36-25-42(56(59)60)45(52-28-36)50-26-32-13-16-47(3,58)17-14-32/h4-5,7-8,11-12,15,20,23-25,27-28,31-32,39,41,58H,6,9-10,13-14,16-19,21-22,26,29-30H2,1-3H3,(H,49,51)(H,50,52)(H,53,57)/t32?,39-,41+,47?/m1/s1. The fourth-order valence-electron chi connectivity index (χ4n) is 10.6. The number of aromatic amines is 1. The van der Waals surface area contributed by atoms with Crippen LogP contribution in [0.15, 0.2) is 84.1 Å². The molecule has 2 aromatic carbocycles. The highest BCUT2D eigenvalue weighted by Crippen LogP contribution is 2.49. The number of H-pyrrole nitrogens is 1. The SMILES string of the molecule is CC(C)c1ccccc1[C@H]1CCC[C@@H]1N1CC2(CCN(c3ccc(C(=O)NS(=O)(=O)c4cnc(NCC5CCC(C)(O)CC5)c([N+](=O)[O-])c4)c(Oc4cnc5[nH]ccc5c4)c3)CC2)C1. The molecule has 2 aliphatic heterocycles. The molecule has 15 nitrogen and oxygen atoms in total. The summed E-state index contributed by atoms with van der Waals surface area (Å²) in [4.78, 5) is 41.5. The van der Waals surface area contributed by atoms with Gasteiger partial charge >= 0.3 is 5.69 Å². The predicted octanol–water partition coefficient (Wildman–Crippen LogP) is 8.49. The van der Waals surface area contributed by atoms with Crippen LogP contribution in [0, 0.1) is 21.4 Å². The highest BCUT2D eigenvalue weighted by atomic mass is 32.2. The Hall–Kier alpha value is -5.58. The van der Waals surface area contributed by atoms with Gasteiger partial charge in [0.1, 0.15) is 22.0 Å². The fraction of sp³-hybridized carbons (Fsp3) is 0.479. The Morgan fingerprint density at radius 3 is 2.52 bits per heavy atom. The lowest BCUT2D eigenvalue weighted by Crippen LogP contribution is -2.63. The number of pyridine rings is 2. The highest BCUT2D eigenvalue weighted by molar-refractivity contribution is 7.90. The van der Waals surface area contributed by atoms with E-state index in [4.69, 9.17) is 4.74 Å². The van der Waals surface area contributed by atoms with E-state index in [0.717, 1.165) is 75.2 Å². The van der Waals surface area contributed by atoms with E-state index in [-0.39, 0.29) is 28.5 Å². The van der Waals surface area contributed by atoms with Crippen LogP contribution in [0.5, 0.6) is 11.5 Å². The summed E-state index contributed by atoms with van der Waals surface area (Å²) in [6.45, 7) is 10.6. The van der Waals surface area contributed by atoms with E-state index in [1.807, 2.05) is 12.1 Å². The first-order chi connectivity index (χ1) is 30.7. The zero-order valence-corrected chi connectivity index (χ0v) is 37.6. The number of ether oxygens (including phenoxy) is 1. The van der Waals surface area contributed by atoms with Crippen molar-refractivity contribution in [2.75, 3.05) is 42.9 Å². The van der Waals surface area contributed by atoms with Gasteiger partial charge in [-0.1, -0.05) is 44.5 Å². The van der Waals surface area contributed by atoms with Crippen molar-refractivity contribution in [3.05, 3.63) is 106 Å². The first kappa shape index (κ1) is 43.7. The number of nitrogens with one attached hydrogen (secondary N) is 3. The number of sulfonamides is 1. The summed E-state index contributed by atoms with van der Waals surface area (Å²) in [6, 6.07) is 19.2. The first-order valence-electron chi connectivity index (χ1n) is 22.7. The van der Waals surface area contributed by atoms with Crippen molar-refractivity contribution in [2.45, 2.75) is 107 Å². The molecule has 9 rings (SSSR count). The molecule has 2 atom stereocenters. The Balaban J connectivity index is 0.895. The topological polar surface area (TPSA) is 196 Å². The van der Waals surface area contributed by atoms with Gasteiger partial charge < -0.3 is 25.0 Å². The number of rotatable bonds is 13. The molecule has 0 unspecified atom stereocenters. The van der Waals surface area contributed by atoms with Gasteiger partial charge in [0.15, 0.2) is 0 Å². The van der Waals surface area contributed by atoms with Crippen molar-refractivity contribution in [3.8, 4) is 11.5 Å². The summed E-state index contributed by atoms with van der Waals surface area (Å²) in [6.07, 6.45) is 12.8. The van der Waals surface area contributed by atoms with E-state index in [1.165, 1.54) is 36.6 Å². The van der Waals surface area contributed by atoms with Gasteiger partial charge in [0.25, 0.3) is 15.9 Å². The average molecular weight is 891 g/mol. The molecule has 0 bridgehead atoms. The number of carbonyl (C=O) groups excluding carboxylic acids is 1. The molecule has 338 valence electrons. The maximum absolute atomic E-state index is 14.0. The monoisotopic (exact) mass is 890 g/mol. The van der Waals surface area contributed by atoms with E-state index < -0.39 is 37.0 Å². The molecule has 64 heavy (non-hydrogen) atoms. The number of hydrogen-bond acceptors (Lipinski definition) is 12. The third kappa shape index (κ3) is 9.04. The summed E-state index contributed by atoms with van der Waals surface area (Å²) in [7, 11) is -4.62. The Morgan fingerprint density at radius 2 is 1.77 bits per heavy atom. The van der Waals surface area contributed by atoms with Crippen molar-refractivity contribution < 1.29 is 28.0 Å². The lowest BCUT2D eigenvalue weighted by Gasteiger charge is -2.57. The van der Waals surface area contributed by atoms with Gasteiger partial charge in [-0.15, -0.1) is 0 Å². The number of piperidine rings is 1. The number of carbonyl (C=O) groups is 1. The van der Waals surface area contributed by atoms with Crippen LogP contribution in [0.25, 0.3) is 11.0 Å². The minimum Gasteiger partial charge on any atom is -0.455 e. The van der Waals surface area contributed by atoms with Gasteiger partial charge in [-0.05, 0) is 117 Å². The Morgan fingerprint density at radius 1 is 1.00 bits per heavy atom. The van der Waals surface area contributed by atoms with Gasteiger partial charge in [-0.2, -0.15) is 0 Å². The molecule has 5 heterocycles. The number of aromatic nitrogens is 3. The molecule has 2 saturated carbocycles. The van der Waals surface area contributed by atoms with Crippen molar-refractivity contribution in [1.82, 2.24) is 24.6 Å². The average Bonchev–Trinajstić information content (AvgIpc) is 3.95. The number of anilines is 2. The van der Waals surface area contributed by atoms with Crippen LogP contribution in [-0.4, -0.2) is 88.6 Å². The number of benzene rings is 2. The van der Waals surface area contributed by atoms with Crippen LogP contribution in [0.4, 0.5) is 17.2 Å². The molecule has 2 aliphatic carbocycles. The number of likely N-dealkylation sites (tertiary alicyclic amines) is 1. The summed E-state index contributed by atoms with van der Waals surface area (Å²) < 4.78 is 35.8. The minimum atomic E-state index is -4.62. The van der Waals surface area contributed by atoms with E-state index in [2.05, 4.69) is 72.9 Å². The molecule has 5 aromatic rings. The summed E-state index contributed by atoms with van der Waals surface area (Å²) >= 11 is 0. The lowest BCUT2D eigenvalue weighted by molar-refractivity contribution is -0.384. The molecule has 4 fully saturated rings. The number of nitro groups is 1. The Bertz CT molecular complexity index is 2640.